The van der Waals surface area contributed by atoms with Crippen molar-refractivity contribution >= 4 is 17.4 Å². The van der Waals surface area contributed by atoms with E-state index in [4.69, 9.17) is 9.84 Å². The third-order valence-electron chi connectivity index (χ3n) is 3.38. The third kappa shape index (κ3) is 4.56. The Morgan fingerprint density at radius 1 is 1.42 bits per heavy atom. The van der Waals surface area contributed by atoms with Gasteiger partial charge in [0.1, 0.15) is 17.0 Å². The van der Waals surface area contributed by atoms with Gasteiger partial charge in [-0.15, -0.1) is 0 Å². The molecule has 2 N–H and O–H groups in total. The first-order valence-corrected chi connectivity index (χ1v) is 8.48. The van der Waals surface area contributed by atoms with Gasteiger partial charge < -0.3 is 14.8 Å². The Hall–Kier alpha value is -1.90. The lowest BCUT2D eigenvalue weighted by Crippen LogP contribution is -2.06. The summed E-state index contributed by atoms with van der Waals surface area (Å²) in [5.74, 6) is 0.901. The van der Waals surface area contributed by atoms with Crippen LogP contribution in [0.5, 0.6) is 0 Å². The summed E-state index contributed by atoms with van der Waals surface area (Å²) in [6.07, 6.45) is -0.269. The van der Waals surface area contributed by atoms with Gasteiger partial charge in [0.2, 0.25) is 0 Å². The van der Waals surface area contributed by atoms with E-state index in [1.54, 1.807) is 6.07 Å². The fourth-order valence-electron chi connectivity index (χ4n) is 2.13. The highest BCUT2D eigenvalue weighted by Gasteiger charge is 2.19. The van der Waals surface area contributed by atoms with Crippen molar-refractivity contribution in [3.63, 3.8) is 0 Å². The number of imidazole rings is 1. The minimum Gasteiger partial charge on any atom is -0.394 e. The number of nitro benzene ring substituents is 1. The average Bonchev–Trinajstić information content (AvgIpc) is 2.97. The van der Waals surface area contributed by atoms with Crippen molar-refractivity contribution in [1.82, 2.24) is 9.97 Å². The zero-order valence-electron chi connectivity index (χ0n) is 13.9. The Morgan fingerprint density at radius 3 is 2.79 bits per heavy atom. The van der Waals surface area contributed by atoms with Gasteiger partial charge in [0.25, 0.3) is 5.69 Å². The lowest BCUT2D eigenvalue weighted by molar-refractivity contribution is -0.385. The third-order valence-corrected chi connectivity index (χ3v) is 4.37. The summed E-state index contributed by atoms with van der Waals surface area (Å²) in [5.41, 5.74) is 1.02. The van der Waals surface area contributed by atoms with Crippen LogP contribution in [-0.2, 0) is 4.74 Å². The number of aromatic amines is 1. The summed E-state index contributed by atoms with van der Waals surface area (Å²) in [6, 6.07) is 6.49. The van der Waals surface area contributed by atoms with Crippen molar-refractivity contribution in [2.24, 2.45) is 0 Å². The van der Waals surface area contributed by atoms with E-state index in [-0.39, 0.29) is 30.9 Å². The predicted octanol–water partition coefficient (Wildman–Crippen LogP) is 3.66. The molecule has 0 aliphatic carbocycles. The highest BCUT2D eigenvalue weighted by atomic mass is 32.2. The number of H-pyrrole nitrogens is 1. The first-order valence-electron chi connectivity index (χ1n) is 7.67. The first-order chi connectivity index (χ1) is 11.4. The summed E-state index contributed by atoms with van der Waals surface area (Å²) in [5, 5.41) is 20.6. The second-order valence-electron chi connectivity index (χ2n) is 5.59. The number of hydrogen-bond donors (Lipinski definition) is 2. The second kappa shape index (κ2) is 8.27. The van der Waals surface area contributed by atoms with Gasteiger partial charge in [-0.05, 0) is 18.9 Å². The Kier molecular flexibility index (Phi) is 6.36. The van der Waals surface area contributed by atoms with Crippen LogP contribution in [0.25, 0.3) is 0 Å². The molecule has 1 heterocycles. The molecule has 0 fully saturated rings. The molecule has 2 rings (SSSR count). The molecule has 1 atom stereocenters. The summed E-state index contributed by atoms with van der Waals surface area (Å²) >= 11 is 1.38. The molecule has 24 heavy (non-hydrogen) atoms. The monoisotopic (exact) mass is 351 g/mol. The molecular weight excluding hydrogens is 330 g/mol. The number of rotatable bonds is 8. The van der Waals surface area contributed by atoms with Crippen molar-refractivity contribution < 1.29 is 14.8 Å². The van der Waals surface area contributed by atoms with Gasteiger partial charge >= 0.3 is 0 Å². The van der Waals surface area contributed by atoms with E-state index in [2.05, 4.69) is 9.97 Å². The summed E-state index contributed by atoms with van der Waals surface area (Å²) in [6.45, 7) is 6.16. The first kappa shape index (κ1) is 18.4. The van der Waals surface area contributed by atoms with E-state index >= 15 is 0 Å². The number of aliphatic hydroxyl groups is 1. The molecule has 0 aliphatic rings. The molecule has 1 aromatic carbocycles. The molecule has 2 aromatic rings. The van der Waals surface area contributed by atoms with Gasteiger partial charge in [-0.2, -0.15) is 0 Å². The lowest BCUT2D eigenvalue weighted by atomic mass is 10.2. The molecule has 8 heteroatoms. The number of non-ortho nitro benzene ring substituents is 1. The summed E-state index contributed by atoms with van der Waals surface area (Å²) in [7, 11) is 0. The molecule has 0 saturated carbocycles. The van der Waals surface area contributed by atoms with Crippen molar-refractivity contribution in [3.8, 4) is 0 Å². The maximum absolute atomic E-state index is 10.9. The zero-order valence-corrected chi connectivity index (χ0v) is 14.7. The summed E-state index contributed by atoms with van der Waals surface area (Å²) in [4.78, 5) is 19.1. The van der Waals surface area contributed by atoms with Crippen LogP contribution in [0.3, 0.4) is 0 Å². The Bertz CT molecular complexity index is 702. The Labute approximate surface area is 144 Å². The fourth-order valence-corrected chi connectivity index (χ4v) is 3.22. The van der Waals surface area contributed by atoms with Crippen molar-refractivity contribution in [2.45, 2.75) is 42.7 Å². The van der Waals surface area contributed by atoms with Gasteiger partial charge in [-0.3, -0.25) is 10.1 Å². The van der Waals surface area contributed by atoms with E-state index in [9.17, 15) is 10.1 Å². The number of nitrogens with zero attached hydrogens (tertiary/aromatic N) is 2. The summed E-state index contributed by atoms with van der Waals surface area (Å²) < 4.78 is 5.48. The van der Waals surface area contributed by atoms with E-state index < -0.39 is 4.92 Å². The smallest absolute Gasteiger partial charge is 0.270 e. The van der Waals surface area contributed by atoms with Crippen LogP contribution in [0.4, 0.5) is 5.69 Å². The number of aliphatic hydroxyl groups excluding tert-OH is 1. The minimum atomic E-state index is -0.409. The maximum atomic E-state index is 10.9. The Balaban J connectivity index is 2.27. The second-order valence-corrected chi connectivity index (χ2v) is 6.65. The number of nitrogens with one attached hydrogen (secondary N) is 1. The zero-order chi connectivity index (χ0) is 17.7. The highest BCUT2D eigenvalue weighted by molar-refractivity contribution is 7.99. The van der Waals surface area contributed by atoms with E-state index in [0.29, 0.717) is 5.82 Å². The van der Waals surface area contributed by atoms with Crippen LogP contribution >= 0.6 is 11.8 Å². The highest BCUT2D eigenvalue weighted by Crippen LogP contribution is 2.35. The molecule has 1 unspecified atom stereocenters. The molecular formula is C16H21N3O4S. The lowest BCUT2D eigenvalue weighted by Gasteiger charge is -2.08. The van der Waals surface area contributed by atoms with Crippen LogP contribution in [0, 0.1) is 10.1 Å². The van der Waals surface area contributed by atoms with Gasteiger partial charge in [0.05, 0.1) is 23.8 Å². The van der Waals surface area contributed by atoms with E-state index in [1.165, 1.54) is 23.9 Å². The quantitative estimate of drug-likeness (QED) is 0.556. The van der Waals surface area contributed by atoms with E-state index in [0.717, 1.165) is 15.6 Å². The van der Waals surface area contributed by atoms with Crippen LogP contribution in [0.15, 0.2) is 34.2 Å². The fraction of sp³-hybridized carbons (Fsp3) is 0.438. The van der Waals surface area contributed by atoms with Gasteiger partial charge in [-0.1, -0.05) is 31.7 Å². The van der Waals surface area contributed by atoms with Crippen LogP contribution < -0.4 is 0 Å². The topological polar surface area (TPSA) is 101 Å². The molecule has 130 valence electrons. The normalized spacial score (nSPS) is 12.5. The largest absolute Gasteiger partial charge is 0.394 e. The van der Waals surface area contributed by atoms with Crippen LogP contribution in [0.2, 0.25) is 0 Å². The molecule has 1 aromatic heterocycles. The molecule has 7 nitrogen and oxygen atoms in total. The molecule has 0 bridgehead atoms. The SMILES string of the molecule is CC(C)c1[nH]c(C(C)OCCO)nc1Sc1cccc([N+](=O)[O-])c1. The van der Waals surface area contributed by atoms with Crippen molar-refractivity contribution in [2.75, 3.05) is 13.2 Å². The number of aromatic nitrogens is 2. The molecule has 0 spiro atoms. The van der Waals surface area contributed by atoms with E-state index in [1.807, 2.05) is 26.8 Å². The van der Waals surface area contributed by atoms with Gasteiger partial charge in [-0.25, -0.2) is 4.98 Å². The number of benzene rings is 1. The van der Waals surface area contributed by atoms with Crippen molar-refractivity contribution in [1.29, 1.82) is 0 Å². The maximum Gasteiger partial charge on any atom is 0.270 e. The molecule has 0 amide bonds. The van der Waals surface area contributed by atoms with Gasteiger partial charge in [0.15, 0.2) is 0 Å². The molecule has 0 aliphatic heterocycles. The molecule has 0 radical (unpaired) electrons. The number of hydrogen-bond acceptors (Lipinski definition) is 6. The van der Waals surface area contributed by atoms with Crippen molar-refractivity contribution in [3.05, 3.63) is 45.9 Å². The number of ether oxygens (including phenoxy) is 1. The standard InChI is InChI=1S/C16H21N3O4S/c1-10(2)14-16(18-15(17-14)11(3)23-8-7-20)24-13-6-4-5-12(9-13)19(21)22/h4-6,9-11,20H,7-8H2,1-3H3,(H,17,18). The predicted molar refractivity (Wildman–Crippen MR) is 91.3 cm³/mol. The van der Waals surface area contributed by atoms with Crippen LogP contribution in [0.1, 0.15) is 44.3 Å². The number of nitro groups is 1. The van der Waals surface area contributed by atoms with Gasteiger partial charge in [0, 0.05) is 17.0 Å². The Morgan fingerprint density at radius 2 is 2.17 bits per heavy atom. The molecule has 0 saturated heterocycles. The minimum absolute atomic E-state index is 0.0443. The average molecular weight is 351 g/mol. The van der Waals surface area contributed by atoms with Crippen LogP contribution in [-0.4, -0.2) is 33.2 Å².